The standard InChI is InChI=1S/C19H16ClNO3/c1-11-9-14(10-17(20)21-11)12(2)24-19(23)16-8-7-13-5-3-4-6-15(13)18(16)22/h3-10,12,22H,1-2H3/t12-/m0/s1. The van der Waals surface area contributed by atoms with Gasteiger partial charge < -0.3 is 9.84 Å². The number of hydrogen-bond donors (Lipinski definition) is 1. The van der Waals surface area contributed by atoms with Crippen LogP contribution in [0.15, 0.2) is 48.5 Å². The Bertz CT molecular complexity index is 903. The molecule has 0 radical (unpaired) electrons. The van der Waals surface area contributed by atoms with Crippen LogP contribution in [0, 0.1) is 6.92 Å². The van der Waals surface area contributed by atoms with E-state index in [-0.39, 0.29) is 11.3 Å². The van der Waals surface area contributed by atoms with Gasteiger partial charge in [0.05, 0.1) is 0 Å². The van der Waals surface area contributed by atoms with E-state index in [2.05, 4.69) is 4.98 Å². The highest BCUT2D eigenvalue weighted by Crippen LogP contribution is 2.30. The summed E-state index contributed by atoms with van der Waals surface area (Å²) in [6.45, 7) is 3.57. The molecule has 0 saturated carbocycles. The predicted octanol–water partition coefficient (Wildman–Crippen LogP) is 4.82. The summed E-state index contributed by atoms with van der Waals surface area (Å²) in [6.07, 6.45) is -0.512. The van der Waals surface area contributed by atoms with Gasteiger partial charge in [-0.15, -0.1) is 0 Å². The summed E-state index contributed by atoms with van der Waals surface area (Å²) in [6, 6.07) is 14.1. The molecular formula is C19H16ClNO3. The van der Waals surface area contributed by atoms with E-state index in [1.165, 1.54) is 0 Å². The van der Waals surface area contributed by atoms with Crippen LogP contribution in [0.1, 0.15) is 34.6 Å². The molecule has 0 fully saturated rings. The largest absolute Gasteiger partial charge is 0.506 e. The lowest BCUT2D eigenvalue weighted by Crippen LogP contribution is -2.10. The highest BCUT2D eigenvalue weighted by atomic mass is 35.5. The number of aromatic nitrogens is 1. The zero-order valence-corrected chi connectivity index (χ0v) is 14.0. The molecule has 1 N–H and O–H groups in total. The summed E-state index contributed by atoms with van der Waals surface area (Å²) in [7, 11) is 0. The number of nitrogens with zero attached hydrogens (tertiary/aromatic N) is 1. The molecule has 122 valence electrons. The van der Waals surface area contributed by atoms with E-state index in [1.807, 2.05) is 31.2 Å². The van der Waals surface area contributed by atoms with E-state index in [0.29, 0.717) is 10.5 Å². The summed E-state index contributed by atoms with van der Waals surface area (Å²) >= 11 is 5.95. The summed E-state index contributed by atoms with van der Waals surface area (Å²) in [5, 5.41) is 12.2. The average Bonchev–Trinajstić information content (AvgIpc) is 2.54. The van der Waals surface area contributed by atoms with Crippen LogP contribution in [0.5, 0.6) is 5.75 Å². The molecule has 0 unspecified atom stereocenters. The third-order valence-electron chi connectivity index (χ3n) is 3.82. The average molecular weight is 342 g/mol. The predicted molar refractivity (Wildman–Crippen MR) is 93.4 cm³/mol. The van der Waals surface area contributed by atoms with Gasteiger partial charge in [0, 0.05) is 11.1 Å². The second kappa shape index (κ2) is 6.49. The Morgan fingerprint density at radius 3 is 2.71 bits per heavy atom. The molecule has 0 spiro atoms. The van der Waals surface area contributed by atoms with Crippen molar-refractivity contribution in [2.45, 2.75) is 20.0 Å². The number of halogens is 1. The maximum Gasteiger partial charge on any atom is 0.342 e. The molecule has 3 rings (SSSR count). The van der Waals surface area contributed by atoms with Crippen molar-refractivity contribution in [3.63, 3.8) is 0 Å². The van der Waals surface area contributed by atoms with Gasteiger partial charge in [0.25, 0.3) is 0 Å². The van der Waals surface area contributed by atoms with Gasteiger partial charge in [0.15, 0.2) is 0 Å². The quantitative estimate of drug-likeness (QED) is 0.548. The van der Waals surface area contributed by atoms with Crippen molar-refractivity contribution in [2.24, 2.45) is 0 Å². The van der Waals surface area contributed by atoms with Crippen LogP contribution in [0.25, 0.3) is 10.8 Å². The SMILES string of the molecule is Cc1cc([C@H](C)OC(=O)c2ccc3ccccc3c2O)cc(Cl)n1. The van der Waals surface area contributed by atoms with E-state index >= 15 is 0 Å². The molecule has 1 heterocycles. The number of carbonyl (C=O) groups is 1. The Hall–Kier alpha value is -2.59. The lowest BCUT2D eigenvalue weighted by Gasteiger charge is -2.15. The molecule has 1 atom stereocenters. The highest BCUT2D eigenvalue weighted by Gasteiger charge is 2.19. The van der Waals surface area contributed by atoms with Gasteiger partial charge >= 0.3 is 5.97 Å². The zero-order valence-electron chi connectivity index (χ0n) is 13.3. The molecule has 0 amide bonds. The Balaban J connectivity index is 1.88. The molecule has 2 aromatic carbocycles. The van der Waals surface area contributed by atoms with E-state index in [0.717, 1.165) is 16.6 Å². The topological polar surface area (TPSA) is 59.4 Å². The Morgan fingerprint density at radius 2 is 1.96 bits per heavy atom. The summed E-state index contributed by atoms with van der Waals surface area (Å²) < 4.78 is 5.48. The van der Waals surface area contributed by atoms with Gasteiger partial charge in [0.1, 0.15) is 22.6 Å². The minimum Gasteiger partial charge on any atom is -0.506 e. The van der Waals surface area contributed by atoms with E-state index in [1.54, 1.807) is 31.2 Å². The molecule has 0 aliphatic rings. The minimum absolute atomic E-state index is 0.0748. The lowest BCUT2D eigenvalue weighted by atomic mass is 10.1. The normalized spacial score (nSPS) is 12.1. The molecule has 24 heavy (non-hydrogen) atoms. The monoisotopic (exact) mass is 341 g/mol. The van der Waals surface area contributed by atoms with Crippen LogP contribution >= 0.6 is 11.6 Å². The maximum absolute atomic E-state index is 12.4. The van der Waals surface area contributed by atoms with Crippen LogP contribution in [0.3, 0.4) is 0 Å². The first kappa shape index (κ1) is 16.3. The van der Waals surface area contributed by atoms with Gasteiger partial charge in [-0.05, 0) is 43.0 Å². The Morgan fingerprint density at radius 1 is 1.21 bits per heavy atom. The zero-order chi connectivity index (χ0) is 17.3. The van der Waals surface area contributed by atoms with Crippen molar-refractivity contribution < 1.29 is 14.6 Å². The number of aryl methyl sites for hydroxylation is 1. The number of ether oxygens (including phenoxy) is 1. The number of esters is 1. The first-order valence-electron chi connectivity index (χ1n) is 7.51. The summed E-state index contributed by atoms with van der Waals surface area (Å²) in [4.78, 5) is 16.5. The Labute approximate surface area is 144 Å². The molecule has 0 aliphatic carbocycles. The fraction of sp³-hybridized carbons (Fsp3) is 0.158. The van der Waals surface area contributed by atoms with E-state index < -0.39 is 12.1 Å². The van der Waals surface area contributed by atoms with Gasteiger partial charge in [-0.3, -0.25) is 0 Å². The molecule has 0 aliphatic heterocycles. The summed E-state index contributed by atoms with van der Waals surface area (Å²) in [5.41, 5.74) is 1.63. The second-order valence-corrected chi connectivity index (χ2v) is 5.98. The fourth-order valence-corrected chi connectivity index (χ4v) is 2.86. The van der Waals surface area contributed by atoms with Gasteiger partial charge in [0.2, 0.25) is 0 Å². The molecule has 3 aromatic rings. The van der Waals surface area contributed by atoms with E-state index in [4.69, 9.17) is 16.3 Å². The number of fused-ring (bicyclic) bond motifs is 1. The first-order valence-corrected chi connectivity index (χ1v) is 7.89. The maximum atomic E-state index is 12.4. The Kier molecular flexibility index (Phi) is 4.40. The number of phenols is 1. The number of pyridine rings is 1. The smallest absolute Gasteiger partial charge is 0.342 e. The first-order chi connectivity index (χ1) is 11.5. The summed E-state index contributed by atoms with van der Waals surface area (Å²) in [5.74, 6) is -0.661. The van der Waals surface area contributed by atoms with E-state index in [9.17, 15) is 9.90 Å². The fourth-order valence-electron chi connectivity index (χ4n) is 2.60. The molecule has 0 bridgehead atoms. The van der Waals surface area contributed by atoms with Crippen molar-refractivity contribution in [2.75, 3.05) is 0 Å². The van der Waals surface area contributed by atoms with Crippen LogP contribution in [-0.4, -0.2) is 16.1 Å². The lowest BCUT2D eigenvalue weighted by molar-refractivity contribution is 0.0334. The van der Waals surface area contributed by atoms with Crippen molar-refractivity contribution in [1.82, 2.24) is 4.98 Å². The molecule has 1 aromatic heterocycles. The van der Waals surface area contributed by atoms with Crippen LogP contribution in [0.2, 0.25) is 5.15 Å². The number of benzene rings is 2. The van der Waals surface area contributed by atoms with Crippen molar-refractivity contribution in [1.29, 1.82) is 0 Å². The van der Waals surface area contributed by atoms with Gasteiger partial charge in [-0.2, -0.15) is 0 Å². The number of carbonyl (C=O) groups excluding carboxylic acids is 1. The molecule has 5 heteroatoms. The number of rotatable bonds is 3. The van der Waals surface area contributed by atoms with Gasteiger partial charge in [-0.1, -0.05) is 41.9 Å². The molecular weight excluding hydrogens is 326 g/mol. The molecule has 4 nitrogen and oxygen atoms in total. The van der Waals surface area contributed by atoms with Crippen LogP contribution in [-0.2, 0) is 4.74 Å². The third kappa shape index (κ3) is 3.19. The number of aromatic hydroxyl groups is 1. The number of hydrogen-bond acceptors (Lipinski definition) is 4. The van der Waals surface area contributed by atoms with Gasteiger partial charge in [-0.25, -0.2) is 9.78 Å². The second-order valence-electron chi connectivity index (χ2n) is 5.59. The van der Waals surface area contributed by atoms with Crippen molar-refractivity contribution in [3.8, 4) is 5.75 Å². The van der Waals surface area contributed by atoms with Crippen LogP contribution in [0.4, 0.5) is 0 Å². The number of phenolic OH excluding ortho intramolecular Hbond substituents is 1. The minimum atomic E-state index is -0.587. The van der Waals surface area contributed by atoms with Crippen LogP contribution < -0.4 is 0 Å². The van der Waals surface area contributed by atoms with Crippen molar-refractivity contribution in [3.05, 3.63) is 70.5 Å². The van der Waals surface area contributed by atoms with Crippen molar-refractivity contribution >= 4 is 28.3 Å². The third-order valence-corrected chi connectivity index (χ3v) is 4.01. The highest BCUT2D eigenvalue weighted by molar-refractivity contribution is 6.29. The molecule has 0 saturated heterocycles.